The molecule has 1 aliphatic rings. The maximum Gasteiger partial charge on any atom is 0.407 e. The van der Waals surface area contributed by atoms with E-state index in [0.29, 0.717) is 16.7 Å². The van der Waals surface area contributed by atoms with Crippen LogP contribution in [0.1, 0.15) is 22.6 Å². The molecule has 0 fully saturated rings. The first kappa shape index (κ1) is 20.6. The van der Waals surface area contributed by atoms with Gasteiger partial charge in [-0.25, -0.2) is 19.6 Å². The van der Waals surface area contributed by atoms with Crippen molar-refractivity contribution in [3.63, 3.8) is 0 Å². The first-order valence-corrected chi connectivity index (χ1v) is 10.5. The molecule has 2 aromatic carbocycles. The van der Waals surface area contributed by atoms with Crippen LogP contribution in [-0.4, -0.2) is 44.8 Å². The Morgan fingerprint density at radius 3 is 2.33 bits per heavy atom. The van der Waals surface area contributed by atoms with Crippen LogP contribution in [0.3, 0.4) is 0 Å². The van der Waals surface area contributed by atoms with Gasteiger partial charge in [-0.05, 0) is 33.9 Å². The summed E-state index contributed by atoms with van der Waals surface area (Å²) in [6.45, 7) is 0.110. The number of carboxylic acid groups (broad SMARTS) is 1. The van der Waals surface area contributed by atoms with Gasteiger partial charge < -0.3 is 15.2 Å². The van der Waals surface area contributed by atoms with Gasteiger partial charge in [0.25, 0.3) is 0 Å². The van der Waals surface area contributed by atoms with Crippen LogP contribution in [-0.2, 0) is 16.0 Å². The third kappa shape index (κ3) is 4.10. The molecule has 8 heteroatoms. The van der Waals surface area contributed by atoms with Crippen molar-refractivity contribution in [1.29, 1.82) is 0 Å². The van der Waals surface area contributed by atoms with Crippen molar-refractivity contribution in [2.45, 2.75) is 18.4 Å². The molecule has 1 aliphatic carbocycles. The third-order valence-electron chi connectivity index (χ3n) is 5.75. The molecular formula is C25H20N4O4. The van der Waals surface area contributed by atoms with Gasteiger partial charge in [0.2, 0.25) is 0 Å². The Hall–Kier alpha value is -4.33. The number of rotatable bonds is 6. The molecule has 1 atom stereocenters. The second kappa shape index (κ2) is 8.66. The van der Waals surface area contributed by atoms with Gasteiger partial charge in [0.15, 0.2) is 5.65 Å². The van der Waals surface area contributed by atoms with Gasteiger partial charge in [-0.2, -0.15) is 0 Å². The number of aromatic nitrogens is 3. The van der Waals surface area contributed by atoms with Crippen LogP contribution in [0, 0.1) is 0 Å². The van der Waals surface area contributed by atoms with Gasteiger partial charge in [-0.3, -0.25) is 4.98 Å². The highest BCUT2D eigenvalue weighted by atomic mass is 16.5. The van der Waals surface area contributed by atoms with E-state index >= 15 is 0 Å². The van der Waals surface area contributed by atoms with Crippen molar-refractivity contribution in [3.8, 4) is 11.1 Å². The molecule has 0 bridgehead atoms. The number of carbonyl (C=O) groups excluding carboxylic acids is 1. The van der Waals surface area contributed by atoms with E-state index in [9.17, 15) is 14.7 Å². The molecule has 1 amide bonds. The molecule has 2 N–H and O–H groups in total. The molecule has 164 valence electrons. The molecule has 8 nitrogen and oxygen atoms in total. The summed E-state index contributed by atoms with van der Waals surface area (Å²) in [5, 5.41) is 12.1. The number of carbonyl (C=O) groups is 2. The van der Waals surface area contributed by atoms with E-state index in [1.165, 1.54) is 18.6 Å². The molecule has 0 aliphatic heterocycles. The Bertz CT molecular complexity index is 1310. The lowest BCUT2D eigenvalue weighted by Crippen LogP contribution is -2.42. The lowest BCUT2D eigenvalue weighted by Gasteiger charge is -2.17. The zero-order valence-corrected chi connectivity index (χ0v) is 17.5. The molecule has 0 radical (unpaired) electrons. The van der Waals surface area contributed by atoms with Gasteiger partial charge in [0.1, 0.15) is 18.2 Å². The minimum Gasteiger partial charge on any atom is -0.480 e. The molecule has 2 aromatic heterocycles. The Morgan fingerprint density at radius 2 is 1.64 bits per heavy atom. The number of nitrogens with one attached hydrogen (secondary N) is 1. The first-order chi connectivity index (χ1) is 16.1. The van der Waals surface area contributed by atoms with Gasteiger partial charge in [0, 0.05) is 30.9 Å². The van der Waals surface area contributed by atoms with E-state index in [-0.39, 0.29) is 18.9 Å². The molecule has 0 spiro atoms. The second-order valence-corrected chi connectivity index (χ2v) is 7.81. The van der Waals surface area contributed by atoms with Gasteiger partial charge >= 0.3 is 12.1 Å². The number of alkyl carbamates (subject to hydrolysis) is 1. The fraction of sp³-hybridized carbons (Fsp3) is 0.160. The van der Waals surface area contributed by atoms with Gasteiger partial charge in [-0.1, -0.05) is 48.5 Å². The summed E-state index contributed by atoms with van der Waals surface area (Å²) in [7, 11) is 0. The topological polar surface area (TPSA) is 114 Å². The quantitative estimate of drug-likeness (QED) is 0.471. The second-order valence-electron chi connectivity index (χ2n) is 7.81. The summed E-state index contributed by atoms with van der Waals surface area (Å²) >= 11 is 0. The highest BCUT2D eigenvalue weighted by Crippen LogP contribution is 2.44. The third-order valence-corrected chi connectivity index (χ3v) is 5.75. The zero-order valence-electron chi connectivity index (χ0n) is 17.5. The predicted octanol–water partition coefficient (Wildman–Crippen LogP) is 3.56. The highest BCUT2D eigenvalue weighted by Gasteiger charge is 2.29. The fourth-order valence-electron chi connectivity index (χ4n) is 4.23. The minimum atomic E-state index is -1.17. The van der Waals surface area contributed by atoms with Crippen molar-refractivity contribution in [2.24, 2.45) is 0 Å². The molecule has 33 heavy (non-hydrogen) atoms. The summed E-state index contributed by atoms with van der Waals surface area (Å²) < 4.78 is 5.48. The summed E-state index contributed by atoms with van der Waals surface area (Å²) in [6, 6.07) is 16.6. The largest absolute Gasteiger partial charge is 0.480 e. The minimum absolute atomic E-state index is 0.0407. The lowest BCUT2D eigenvalue weighted by molar-refractivity contribution is -0.139. The van der Waals surface area contributed by atoms with Crippen LogP contribution in [0.5, 0.6) is 0 Å². The molecule has 1 unspecified atom stereocenters. The average Bonchev–Trinajstić information content (AvgIpc) is 3.16. The van der Waals surface area contributed by atoms with E-state index in [2.05, 4.69) is 32.4 Å². The normalized spacial score (nSPS) is 13.2. The fourth-order valence-corrected chi connectivity index (χ4v) is 4.23. The number of nitrogens with zero attached hydrogens (tertiary/aromatic N) is 3. The summed E-state index contributed by atoms with van der Waals surface area (Å²) in [5.41, 5.74) is 6.07. The number of aliphatic carboxylic acids is 1. The molecule has 2 heterocycles. The molecule has 0 saturated heterocycles. The van der Waals surface area contributed by atoms with Crippen LogP contribution in [0.15, 0.2) is 73.2 Å². The Labute approximate surface area is 189 Å². The number of ether oxygens (including phenoxy) is 1. The predicted molar refractivity (Wildman–Crippen MR) is 121 cm³/mol. The molecule has 4 aromatic rings. The number of pyridine rings is 1. The monoisotopic (exact) mass is 440 g/mol. The summed E-state index contributed by atoms with van der Waals surface area (Å²) in [5.74, 6) is -1.27. The maximum absolute atomic E-state index is 12.5. The number of hydrogen-bond acceptors (Lipinski definition) is 6. The van der Waals surface area contributed by atoms with Crippen LogP contribution in [0.4, 0.5) is 4.79 Å². The van der Waals surface area contributed by atoms with E-state index < -0.39 is 18.1 Å². The van der Waals surface area contributed by atoms with Crippen LogP contribution in [0.2, 0.25) is 0 Å². The standard InChI is InChI=1S/C25H20N4O4/c30-24(31)22(12-15-11-21-23(28-13-15)27-10-9-26-21)29-25(32)33-14-20-18-7-3-1-5-16(18)17-6-2-4-8-19(17)20/h1-11,13,20,22H,12,14H2,(H,29,32)(H,30,31). The van der Waals surface area contributed by atoms with E-state index in [1.54, 1.807) is 6.07 Å². The Morgan fingerprint density at radius 1 is 0.970 bits per heavy atom. The highest BCUT2D eigenvalue weighted by molar-refractivity contribution is 5.81. The molecular weight excluding hydrogens is 420 g/mol. The van der Waals surface area contributed by atoms with Crippen molar-refractivity contribution in [1.82, 2.24) is 20.3 Å². The van der Waals surface area contributed by atoms with Crippen molar-refractivity contribution >= 4 is 23.2 Å². The van der Waals surface area contributed by atoms with E-state index in [0.717, 1.165) is 22.3 Å². The lowest BCUT2D eigenvalue weighted by atomic mass is 9.98. The maximum atomic E-state index is 12.5. The Balaban J connectivity index is 1.27. The van der Waals surface area contributed by atoms with E-state index in [4.69, 9.17) is 4.74 Å². The van der Waals surface area contributed by atoms with Crippen LogP contribution >= 0.6 is 0 Å². The zero-order chi connectivity index (χ0) is 22.8. The van der Waals surface area contributed by atoms with Crippen LogP contribution < -0.4 is 5.32 Å². The van der Waals surface area contributed by atoms with Crippen molar-refractivity contribution in [2.75, 3.05) is 6.61 Å². The van der Waals surface area contributed by atoms with Crippen molar-refractivity contribution < 1.29 is 19.4 Å². The summed E-state index contributed by atoms with van der Waals surface area (Å²) in [4.78, 5) is 36.8. The number of benzene rings is 2. The smallest absolute Gasteiger partial charge is 0.407 e. The molecule has 5 rings (SSSR count). The first-order valence-electron chi connectivity index (χ1n) is 10.5. The number of carboxylic acids is 1. The van der Waals surface area contributed by atoms with Crippen molar-refractivity contribution in [3.05, 3.63) is 89.9 Å². The number of hydrogen-bond donors (Lipinski definition) is 2. The number of amides is 1. The molecule has 0 saturated carbocycles. The van der Waals surface area contributed by atoms with Gasteiger partial charge in [-0.15, -0.1) is 0 Å². The summed E-state index contributed by atoms with van der Waals surface area (Å²) in [6.07, 6.45) is 3.87. The van der Waals surface area contributed by atoms with E-state index in [1.807, 2.05) is 36.4 Å². The van der Waals surface area contributed by atoms with Crippen LogP contribution in [0.25, 0.3) is 22.3 Å². The SMILES string of the molecule is O=C(NC(Cc1cnc2nccnc2c1)C(=O)O)OCC1c2ccccc2-c2ccccc21. The Kier molecular flexibility index (Phi) is 5.40. The average molecular weight is 440 g/mol. The number of fused-ring (bicyclic) bond motifs is 4. The van der Waals surface area contributed by atoms with Gasteiger partial charge in [0.05, 0.1) is 0 Å².